The van der Waals surface area contributed by atoms with Crippen molar-refractivity contribution in [1.29, 1.82) is 0 Å². The predicted molar refractivity (Wildman–Crippen MR) is 81.8 cm³/mol. The highest BCUT2D eigenvalue weighted by molar-refractivity contribution is 5.38. The second-order valence-electron chi connectivity index (χ2n) is 5.71. The summed E-state index contributed by atoms with van der Waals surface area (Å²) in [5.41, 5.74) is 1.85. The Hall–Kier alpha value is -1.87. The van der Waals surface area contributed by atoms with Crippen LogP contribution in [0.15, 0.2) is 48.5 Å². The lowest BCUT2D eigenvalue weighted by Crippen LogP contribution is -2.35. The van der Waals surface area contributed by atoms with Crippen molar-refractivity contribution in [3.63, 3.8) is 0 Å². The van der Waals surface area contributed by atoms with Crippen molar-refractivity contribution in [2.75, 3.05) is 6.61 Å². The quantitative estimate of drug-likeness (QED) is 0.910. The zero-order valence-corrected chi connectivity index (χ0v) is 12.3. The SMILES string of the molecule is CC1COc2ccccc2C1N[C@H](C)c1ccccc1F. The Balaban J connectivity index is 1.86. The molecular weight excluding hydrogens is 265 g/mol. The summed E-state index contributed by atoms with van der Waals surface area (Å²) in [4.78, 5) is 0. The molecule has 0 saturated heterocycles. The average Bonchev–Trinajstić information content (AvgIpc) is 2.50. The third-order valence-electron chi connectivity index (χ3n) is 4.13. The summed E-state index contributed by atoms with van der Waals surface area (Å²) in [6, 6.07) is 15.1. The van der Waals surface area contributed by atoms with Crippen LogP contribution >= 0.6 is 0 Å². The highest BCUT2D eigenvalue weighted by atomic mass is 19.1. The Labute approximate surface area is 125 Å². The van der Waals surface area contributed by atoms with Crippen LogP contribution in [-0.2, 0) is 0 Å². The molecule has 2 nitrogen and oxygen atoms in total. The lowest BCUT2D eigenvalue weighted by atomic mass is 9.91. The first-order chi connectivity index (χ1) is 10.2. The molecule has 21 heavy (non-hydrogen) atoms. The van der Waals surface area contributed by atoms with E-state index in [4.69, 9.17) is 4.74 Å². The van der Waals surface area contributed by atoms with E-state index in [-0.39, 0.29) is 17.9 Å². The van der Waals surface area contributed by atoms with Gasteiger partial charge in [0.05, 0.1) is 6.61 Å². The minimum atomic E-state index is -0.162. The van der Waals surface area contributed by atoms with E-state index in [9.17, 15) is 4.39 Å². The Kier molecular flexibility index (Phi) is 3.93. The predicted octanol–water partition coefficient (Wildman–Crippen LogP) is 4.25. The average molecular weight is 285 g/mol. The van der Waals surface area contributed by atoms with E-state index < -0.39 is 0 Å². The van der Waals surface area contributed by atoms with Crippen LogP contribution in [0.1, 0.15) is 37.1 Å². The van der Waals surface area contributed by atoms with Crippen molar-refractivity contribution in [2.24, 2.45) is 5.92 Å². The molecule has 3 rings (SSSR count). The number of rotatable bonds is 3. The molecular formula is C18H20FNO. The molecule has 0 bridgehead atoms. The van der Waals surface area contributed by atoms with E-state index in [1.807, 2.05) is 37.3 Å². The molecule has 1 N–H and O–H groups in total. The summed E-state index contributed by atoms with van der Waals surface area (Å²) in [5.74, 6) is 1.11. The molecule has 1 aliphatic heterocycles. The van der Waals surface area contributed by atoms with Crippen molar-refractivity contribution in [2.45, 2.75) is 25.9 Å². The van der Waals surface area contributed by atoms with E-state index in [1.54, 1.807) is 6.07 Å². The van der Waals surface area contributed by atoms with Gasteiger partial charge in [-0.15, -0.1) is 0 Å². The lowest BCUT2D eigenvalue weighted by molar-refractivity contribution is 0.181. The van der Waals surface area contributed by atoms with Gasteiger partial charge in [0.15, 0.2) is 0 Å². The van der Waals surface area contributed by atoms with Crippen LogP contribution in [0.4, 0.5) is 4.39 Å². The molecule has 0 amide bonds. The van der Waals surface area contributed by atoms with Gasteiger partial charge < -0.3 is 10.1 Å². The molecule has 2 aromatic carbocycles. The molecule has 0 radical (unpaired) electrons. The van der Waals surface area contributed by atoms with Crippen LogP contribution in [0.3, 0.4) is 0 Å². The Morgan fingerprint density at radius 1 is 1.14 bits per heavy atom. The first-order valence-corrected chi connectivity index (χ1v) is 7.39. The standard InChI is InChI=1S/C18H20FNO/c1-12-11-21-17-10-6-4-8-15(17)18(12)20-13(2)14-7-3-5-9-16(14)19/h3-10,12-13,18,20H,11H2,1-2H3/t12?,13-,18?/m1/s1. The summed E-state index contributed by atoms with van der Waals surface area (Å²) >= 11 is 0. The smallest absolute Gasteiger partial charge is 0.127 e. The minimum absolute atomic E-state index is 0.0511. The maximum atomic E-state index is 13.9. The number of halogens is 1. The summed E-state index contributed by atoms with van der Waals surface area (Å²) in [6.45, 7) is 4.84. The molecule has 0 saturated carbocycles. The number of benzene rings is 2. The van der Waals surface area contributed by atoms with Crippen molar-refractivity contribution in [3.8, 4) is 5.75 Å². The van der Waals surface area contributed by atoms with E-state index in [0.717, 1.165) is 11.3 Å². The van der Waals surface area contributed by atoms with Crippen molar-refractivity contribution < 1.29 is 9.13 Å². The third kappa shape index (κ3) is 2.79. The van der Waals surface area contributed by atoms with Crippen molar-refractivity contribution >= 4 is 0 Å². The zero-order valence-electron chi connectivity index (χ0n) is 12.3. The van der Waals surface area contributed by atoms with Gasteiger partial charge in [-0.05, 0) is 19.1 Å². The van der Waals surface area contributed by atoms with Gasteiger partial charge >= 0.3 is 0 Å². The molecule has 0 aromatic heterocycles. The molecule has 3 atom stereocenters. The van der Waals surface area contributed by atoms with E-state index in [0.29, 0.717) is 18.1 Å². The molecule has 3 heteroatoms. The van der Waals surface area contributed by atoms with Gasteiger partial charge in [-0.2, -0.15) is 0 Å². The number of hydrogen-bond donors (Lipinski definition) is 1. The number of hydrogen-bond acceptors (Lipinski definition) is 2. The molecule has 0 aliphatic carbocycles. The molecule has 0 fully saturated rings. The fourth-order valence-corrected chi connectivity index (χ4v) is 2.93. The minimum Gasteiger partial charge on any atom is -0.493 e. The van der Waals surface area contributed by atoms with Gasteiger partial charge in [0.25, 0.3) is 0 Å². The summed E-state index contributed by atoms with van der Waals surface area (Å²) < 4.78 is 19.7. The second kappa shape index (κ2) is 5.86. The van der Waals surface area contributed by atoms with Crippen LogP contribution in [0.2, 0.25) is 0 Å². The van der Waals surface area contributed by atoms with Crippen LogP contribution in [0, 0.1) is 11.7 Å². The van der Waals surface area contributed by atoms with Crippen molar-refractivity contribution in [3.05, 3.63) is 65.5 Å². The number of para-hydroxylation sites is 1. The van der Waals surface area contributed by atoms with Crippen LogP contribution in [0.25, 0.3) is 0 Å². The second-order valence-corrected chi connectivity index (χ2v) is 5.71. The van der Waals surface area contributed by atoms with Crippen molar-refractivity contribution in [1.82, 2.24) is 5.32 Å². The molecule has 1 aliphatic rings. The van der Waals surface area contributed by atoms with Gasteiger partial charge in [-0.25, -0.2) is 4.39 Å². The van der Waals surface area contributed by atoms with E-state index in [1.165, 1.54) is 6.07 Å². The molecule has 2 aromatic rings. The zero-order chi connectivity index (χ0) is 14.8. The van der Waals surface area contributed by atoms with Crippen LogP contribution in [0.5, 0.6) is 5.75 Å². The van der Waals surface area contributed by atoms with Gasteiger partial charge in [0.2, 0.25) is 0 Å². The van der Waals surface area contributed by atoms with Crippen LogP contribution in [-0.4, -0.2) is 6.61 Å². The number of fused-ring (bicyclic) bond motifs is 1. The van der Waals surface area contributed by atoms with E-state index >= 15 is 0 Å². The Morgan fingerprint density at radius 2 is 1.86 bits per heavy atom. The highest BCUT2D eigenvalue weighted by Gasteiger charge is 2.29. The fraction of sp³-hybridized carbons (Fsp3) is 0.333. The van der Waals surface area contributed by atoms with Gasteiger partial charge in [0, 0.05) is 29.1 Å². The molecule has 1 heterocycles. The lowest BCUT2D eigenvalue weighted by Gasteiger charge is -2.34. The maximum Gasteiger partial charge on any atom is 0.127 e. The Bertz CT molecular complexity index is 628. The number of ether oxygens (including phenoxy) is 1. The van der Waals surface area contributed by atoms with Gasteiger partial charge in [-0.1, -0.05) is 43.3 Å². The highest BCUT2D eigenvalue weighted by Crippen LogP contribution is 2.36. The summed E-state index contributed by atoms with van der Waals surface area (Å²) in [7, 11) is 0. The molecule has 2 unspecified atom stereocenters. The normalized spacial score (nSPS) is 22.2. The summed E-state index contributed by atoms with van der Waals surface area (Å²) in [6.07, 6.45) is 0. The monoisotopic (exact) mass is 285 g/mol. The van der Waals surface area contributed by atoms with Gasteiger partial charge in [-0.3, -0.25) is 0 Å². The topological polar surface area (TPSA) is 21.3 Å². The number of nitrogens with one attached hydrogen (secondary N) is 1. The largest absolute Gasteiger partial charge is 0.493 e. The summed E-state index contributed by atoms with van der Waals surface area (Å²) in [5, 5.41) is 3.56. The first kappa shape index (κ1) is 14.1. The first-order valence-electron chi connectivity index (χ1n) is 7.39. The van der Waals surface area contributed by atoms with E-state index in [2.05, 4.69) is 18.3 Å². The molecule has 110 valence electrons. The van der Waals surface area contributed by atoms with Gasteiger partial charge in [0.1, 0.15) is 11.6 Å². The fourth-order valence-electron chi connectivity index (χ4n) is 2.93. The third-order valence-corrected chi connectivity index (χ3v) is 4.13. The molecule has 0 spiro atoms. The maximum absolute atomic E-state index is 13.9. The van der Waals surface area contributed by atoms with Crippen LogP contribution < -0.4 is 10.1 Å². The Morgan fingerprint density at radius 3 is 2.67 bits per heavy atom.